The van der Waals surface area contributed by atoms with Crippen LogP contribution in [0.1, 0.15) is 33.6 Å². The van der Waals surface area contributed by atoms with Crippen molar-refractivity contribution >= 4 is 27.5 Å². The quantitative estimate of drug-likeness (QED) is 0.864. The highest BCUT2D eigenvalue weighted by molar-refractivity contribution is 7.89. The summed E-state index contributed by atoms with van der Waals surface area (Å²) in [6.45, 7) is 6.83. The van der Waals surface area contributed by atoms with Gasteiger partial charge in [-0.15, -0.1) is 0 Å². The lowest BCUT2D eigenvalue weighted by Crippen LogP contribution is -2.45. The molecule has 24 heavy (non-hydrogen) atoms. The topological polar surface area (TPSA) is 66.5 Å². The Morgan fingerprint density at radius 2 is 1.71 bits per heavy atom. The van der Waals surface area contributed by atoms with E-state index in [-0.39, 0.29) is 22.8 Å². The number of piperidine rings is 1. The number of hydrogen-bond acceptors (Lipinski definition) is 3. The monoisotopic (exact) mass is 372 g/mol. The van der Waals surface area contributed by atoms with Gasteiger partial charge < -0.3 is 5.32 Å². The van der Waals surface area contributed by atoms with E-state index in [2.05, 4.69) is 19.2 Å². The smallest absolute Gasteiger partial charge is 0.243 e. The van der Waals surface area contributed by atoms with Crippen LogP contribution in [0.2, 0.25) is 5.02 Å². The largest absolute Gasteiger partial charge is 0.353 e. The van der Waals surface area contributed by atoms with Crippen molar-refractivity contribution in [3.8, 4) is 0 Å². The van der Waals surface area contributed by atoms with Gasteiger partial charge in [0.25, 0.3) is 0 Å². The molecule has 0 bridgehead atoms. The highest BCUT2D eigenvalue weighted by atomic mass is 35.5. The van der Waals surface area contributed by atoms with Crippen molar-refractivity contribution in [1.82, 2.24) is 9.62 Å². The van der Waals surface area contributed by atoms with E-state index < -0.39 is 10.0 Å². The van der Waals surface area contributed by atoms with Gasteiger partial charge >= 0.3 is 0 Å². The number of halogens is 1. The molecule has 134 valence electrons. The zero-order chi connectivity index (χ0) is 17.9. The number of sulfonamides is 1. The van der Waals surface area contributed by atoms with E-state index in [0.717, 1.165) is 0 Å². The summed E-state index contributed by atoms with van der Waals surface area (Å²) < 4.78 is 26.7. The zero-order valence-electron chi connectivity index (χ0n) is 14.3. The molecule has 1 aliphatic rings. The van der Waals surface area contributed by atoms with E-state index in [1.54, 1.807) is 12.1 Å². The summed E-state index contributed by atoms with van der Waals surface area (Å²) in [6.07, 6.45) is 1.09. The van der Waals surface area contributed by atoms with Gasteiger partial charge in [-0.2, -0.15) is 4.31 Å². The molecule has 0 saturated carbocycles. The van der Waals surface area contributed by atoms with Gasteiger partial charge in [-0.1, -0.05) is 25.4 Å². The van der Waals surface area contributed by atoms with E-state index in [1.165, 1.54) is 16.4 Å². The molecule has 0 spiro atoms. The minimum atomic E-state index is -3.52. The predicted molar refractivity (Wildman–Crippen MR) is 95.4 cm³/mol. The second-order valence-electron chi connectivity index (χ2n) is 6.67. The molecular formula is C17H25ClN2O3S. The predicted octanol–water partition coefficient (Wildman–Crippen LogP) is 2.90. The maximum absolute atomic E-state index is 12.6. The molecule has 5 nitrogen and oxygen atoms in total. The molecule has 1 aromatic carbocycles. The van der Waals surface area contributed by atoms with Crippen molar-refractivity contribution < 1.29 is 13.2 Å². The summed E-state index contributed by atoms with van der Waals surface area (Å²) in [6, 6.07) is 6.29. The second-order valence-corrected chi connectivity index (χ2v) is 9.05. The fourth-order valence-corrected chi connectivity index (χ4v) is 4.22. The minimum Gasteiger partial charge on any atom is -0.353 e. The maximum atomic E-state index is 12.6. The summed E-state index contributed by atoms with van der Waals surface area (Å²) in [5.74, 6) is 0.280. The van der Waals surface area contributed by atoms with Gasteiger partial charge in [0.15, 0.2) is 0 Å². The third-order valence-corrected chi connectivity index (χ3v) is 6.81. The lowest BCUT2D eigenvalue weighted by molar-refractivity contribution is -0.127. The molecule has 0 aliphatic carbocycles. The first-order valence-corrected chi connectivity index (χ1v) is 10.1. The Labute approximate surface area is 149 Å². The number of amides is 1. The Balaban J connectivity index is 1.97. The molecule has 1 aliphatic heterocycles. The van der Waals surface area contributed by atoms with Crippen molar-refractivity contribution in [2.24, 2.45) is 11.8 Å². The Morgan fingerprint density at radius 1 is 1.17 bits per heavy atom. The molecule has 1 saturated heterocycles. The Kier molecular flexibility index (Phi) is 6.28. The summed E-state index contributed by atoms with van der Waals surface area (Å²) in [7, 11) is -3.52. The van der Waals surface area contributed by atoms with E-state index in [9.17, 15) is 13.2 Å². The fraction of sp³-hybridized carbons (Fsp3) is 0.588. The number of carbonyl (C=O) groups excluding carboxylic acids is 1. The number of carbonyl (C=O) groups is 1. The average Bonchev–Trinajstić information content (AvgIpc) is 2.55. The van der Waals surface area contributed by atoms with Crippen molar-refractivity contribution in [1.29, 1.82) is 0 Å². The summed E-state index contributed by atoms with van der Waals surface area (Å²) in [4.78, 5) is 12.5. The molecule has 7 heteroatoms. The normalized spacial score (nSPS) is 18.5. The van der Waals surface area contributed by atoms with Crippen molar-refractivity contribution in [3.63, 3.8) is 0 Å². The number of benzene rings is 1. The second kappa shape index (κ2) is 7.85. The van der Waals surface area contributed by atoms with Crippen molar-refractivity contribution in [2.45, 2.75) is 44.6 Å². The van der Waals surface area contributed by atoms with Gasteiger partial charge in [0.2, 0.25) is 15.9 Å². The Hall–Kier alpha value is -1.11. The third kappa shape index (κ3) is 4.49. The lowest BCUT2D eigenvalue weighted by atomic mass is 9.96. The number of hydrogen-bond donors (Lipinski definition) is 1. The highest BCUT2D eigenvalue weighted by Gasteiger charge is 2.32. The Bertz CT molecular complexity index is 666. The molecule has 1 amide bonds. The van der Waals surface area contributed by atoms with Crippen LogP contribution in [0.4, 0.5) is 0 Å². The molecule has 0 aromatic heterocycles. The number of nitrogens with zero attached hydrogens (tertiary/aromatic N) is 1. The van der Waals surface area contributed by atoms with Crippen molar-refractivity contribution in [3.05, 3.63) is 29.3 Å². The lowest BCUT2D eigenvalue weighted by Gasteiger charge is -2.31. The first-order chi connectivity index (χ1) is 11.2. The van der Waals surface area contributed by atoms with E-state index >= 15 is 0 Å². The molecule has 1 fully saturated rings. The van der Waals surface area contributed by atoms with Crippen LogP contribution in [0.3, 0.4) is 0 Å². The van der Waals surface area contributed by atoms with E-state index in [4.69, 9.17) is 11.6 Å². The molecule has 2 rings (SSSR count). The molecule has 1 aromatic rings. The Morgan fingerprint density at radius 3 is 2.21 bits per heavy atom. The molecule has 1 heterocycles. The standard InChI is InChI=1S/C17H25ClN2O3S/c1-12(2)13(3)19-17(21)14-8-10-20(11-9-14)24(22,23)16-6-4-15(18)5-7-16/h4-7,12-14H,8-11H2,1-3H3,(H,19,21). The molecular weight excluding hydrogens is 348 g/mol. The van der Waals surface area contributed by atoms with Crippen LogP contribution in [0, 0.1) is 11.8 Å². The van der Waals surface area contributed by atoms with Crippen LogP contribution >= 0.6 is 11.6 Å². The molecule has 0 radical (unpaired) electrons. The highest BCUT2D eigenvalue weighted by Crippen LogP contribution is 2.25. The zero-order valence-corrected chi connectivity index (χ0v) is 15.9. The minimum absolute atomic E-state index is 0.0275. The molecule has 1 N–H and O–H groups in total. The average molecular weight is 373 g/mol. The van der Waals surface area contributed by atoms with Gasteiger partial charge in [0.05, 0.1) is 4.90 Å². The van der Waals surface area contributed by atoms with Gasteiger partial charge in [-0.25, -0.2) is 8.42 Å². The van der Waals surface area contributed by atoms with Crippen LogP contribution in [-0.4, -0.2) is 37.8 Å². The van der Waals surface area contributed by atoms with Crippen molar-refractivity contribution in [2.75, 3.05) is 13.1 Å². The first kappa shape index (κ1) is 19.2. The molecule has 1 atom stereocenters. The summed E-state index contributed by atoms with van der Waals surface area (Å²) in [5, 5.41) is 3.52. The number of nitrogens with one attached hydrogen (secondary N) is 1. The number of rotatable bonds is 5. The maximum Gasteiger partial charge on any atom is 0.243 e. The van der Waals surface area contributed by atoms with Gasteiger partial charge in [0.1, 0.15) is 0 Å². The summed E-state index contributed by atoms with van der Waals surface area (Å²) in [5.41, 5.74) is 0. The van der Waals surface area contributed by atoms with Crippen LogP contribution in [0.25, 0.3) is 0 Å². The van der Waals surface area contributed by atoms with Crippen LogP contribution in [0.5, 0.6) is 0 Å². The van der Waals surface area contributed by atoms with Crippen LogP contribution in [-0.2, 0) is 14.8 Å². The van der Waals surface area contributed by atoms with E-state index in [0.29, 0.717) is 36.9 Å². The molecule has 1 unspecified atom stereocenters. The SMILES string of the molecule is CC(C)C(C)NC(=O)C1CCN(S(=O)(=O)c2ccc(Cl)cc2)CC1. The van der Waals surface area contributed by atoms with Gasteiger partial charge in [-0.3, -0.25) is 4.79 Å². The van der Waals surface area contributed by atoms with E-state index in [1.807, 2.05) is 6.92 Å². The van der Waals surface area contributed by atoms with Gasteiger partial charge in [-0.05, 0) is 49.9 Å². The third-order valence-electron chi connectivity index (χ3n) is 4.65. The van der Waals surface area contributed by atoms with Crippen LogP contribution in [0.15, 0.2) is 29.2 Å². The first-order valence-electron chi connectivity index (χ1n) is 8.28. The van der Waals surface area contributed by atoms with Gasteiger partial charge in [0, 0.05) is 30.1 Å². The fourth-order valence-electron chi connectivity index (χ4n) is 2.62. The summed E-state index contributed by atoms with van der Waals surface area (Å²) >= 11 is 5.81. The van der Waals surface area contributed by atoms with Crippen LogP contribution < -0.4 is 5.32 Å².